The second-order valence-corrected chi connectivity index (χ2v) is 13.1. The van der Waals surface area contributed by atoms with Crippen molar-refractivity contribution < 1.29 is 32.6 Å². The number of rotatable bonds is 20. The summed E-state index contributed by atoms with van der Waals surface area (Å²) in [6.07, 6.45) is 18.6. The van der Waals surface area contributed by atoms with Crippen LogP contribution in [0.5, 0.6) is 5.75 Å². The molecule has 2 aromatic rings. The molecule has 1 aromatic heterocycles. The van der Waals surface area contributed by atoms with Crippen molar-refractivity contribution in [2.45, 2.75) is 142 Å². The third-order valence-electron chi connectivity index (χ3n) is 9.24. The van der Waals surface area contributed by atoms with Gasteiger partial charge in [-0.2, -0.15) is 0 Å². The predicted molar refractivity (Wildman–Crippen MR) is 179 cm³/mol. The van der Waals surface area contributed by atoms with Crippen LogP contribution in [0, 0.1) is 11.6 Å². The highest BCUT2D eigenvalue weighted by molar-refractivity contribution is 6.00. The fraction of sp³-hybridized carbons (Fsp3) is 0.622. The summed E-state index contributed by atoms with van der Waals surface area (Å²) in [7, 11) is 0. The lowest BCUT2D eigenvalue weighted by Gasteiger charge is -2.34. The van der Waals surface area contributed by atoms with Crippen LogP contribution in [0.2, 0.25) is 0 Å². The Balaban J connectivity index is 1.30. The van der Waals surface area contributed by atoms with Crippen LogP contribution in [0.3, 0.4) is 0 Å². The summed E-state index contributed by atoms with van der Waals surface area (Å²) >= 11 is 0. The molecule has 1 unspecified atom stereocenters. The third-order valence-corrected chi connectivity index (χ3v) is 9.24. The Morgan fingerprint density at radius 2 is 1.52 bits per heavy atom. The molecule has 0 saturated carbocycles. The zero-order chi connectivity index (χ0) is 34.5. The minimum absolute atomic E-state index is 0.0251. The molecule has 1 saturated heterocycles. The van der Waals surface area contributed by atoms with E-state index in [1.54, 1.807) is 0 Å². The molecule has 264 valence electrons. The number of halogens is 2. The van der Waals surface area contributed by atoms with Crippen LogP contribution >= 0.6 is 0 Å². The van der Waals surface area contributed by atoms with E-state index >= 15 is 0 Å². The number of carbonyl (C=O) groups excluding carboxylic acids is 3. The third kappa shape index (κ3) is 10.2. The van der Waals surface area contributed by atoms with Crippen molar-refractivity contribution in [3.8, 4) is 5.75 Å². The predicted octanol–water partition coefficient (Wildman–Crippen LogP) is 7.42. The number of amides is 2. The molecule has 48 heavy (non-hydrogen) atoms. The van der Waals surface area contributed by atoms with Gasteiger partial charge in [0.1, 0.15) is 17.2 Å². The van der Waals surface area contributed by atoms with E-state index in [1.807, 2.05) is 6.92 Å². The van der Waals surface area contributed by atoms with Gasteiger partial charge in [-0.3, -0.25) is 19.2 Å². The molecule has 1 N–H and O–H groups in total. The lowest BCUT2D eigenvalue weighted by molar-refractivity contribution is -0.134. The number of nitrogens with one attached hydrogen (secondary N) is 1. The number of hydrogen-bond acceptors (Lipinski definition) is 6. The van der Waals surface area contributed by atoms with E-state index in [-0.39, 0.29) is 42.4 Å². The normalized spacial score (nSPS) is 16.9. The summed E-state index contributed by atoms with van der Waals surface area (Å²) in [5, 5.41) is 2.47. The van der Waals surface area contributed by atoms with Gasteiger partial charge >= 0.3 is 5.97 Å². The number of esters is 1. The highest BCUT2D eigenvalue weighted by Crippen LogP contribution is 2.30. The fourth-order valence-corrected chi connectivity index (χ4v) is 6.46. The Morgan fingerprint density at radius 3 is 2.12 bits per heavy atom. The van der Waals surface area contributed by atoms with Crippen molar-refractivity contribution in [1.82, 2.24) is 14.8 Å². The highest BCUT2D eigenvalue weighted by Gasteiger charge is 2.43. The maximum atomic E-state index is 14.1. The summed E-state index contributed by atoms with van der Waals surface area (Å²) in [4.78, 5) is 54.7. The van der Waals surface area contributed by atoms with Crippen LogP contribution in [0.1, 0.15) is 143 Å². The first-order valence-corrected chi connectivity index (χ1v) is 17.9. The van der Waals surface area contributed by atoms with Gasteiger partial charge in [-0.25, -0.2) is 8.78 Å². The monoisotopic (exact) mass is 671 g/mol. The summed E-state index contributed by atoms with van der Waals surface area (Å²) in [5.74, 6) is -4.13. The molecule has 11 heteroatoms. The Hall–Kier alpha value is -3.60. The second-order valence-electron chi connectivity index (χ2n) is 13.1. The maximum absolute atomic E-state index is 14.1. The van der Waals surface area contributed by atoms with Crippen molar-refractivity contribution >= 4 is 17.8 Å². The number of benzene rings is 1. The number of unbranched alkanes of at least 4 members (excludes halogenated alkanes) is 14. The second kappa shape index (κ2) is 18.8. The summed E-state index contributed by atoms with van der Waals surface area (Å²) < 4.78 is 40.2. The van der Waals surface area contributed by atoms with Crippen LogP contribution in [-0.4, -0.2) is 46.1 Å². The van der Waals surface area contributed by atoms with Crippen LogP contribution in [0.4, 0.5) is 8.78 Å². The molecule has 2 aliphatic heterocycles. The average molecular weight is 672 g/mol. The van der Waals surface area contributed by atoms with Crippen LogP contribution in [-0.2, 0) is 22.6 Å². The maximum Gasteiger partial charge on any atom is 0.311 e. The van der Waals surface area contributed by atoms with Gasteiger partial charge in [0.15, 0.2) is 11.9 Å². The zero-order valence-corrected chi connectivity index (χ0v) is 28.5. The molecule has 4 rings (SSSR count). The van der Waals surface area contributed by atoms with Crippen molar-refractivity contribution in [3.05, 3.63) is 63.1 Å². The number of hydrogen-bond donors (Lipinski definition) is 1. The molecule has 0 aliphatic carbocycles. The average Bonchev–Trinajstić information content (AvgIpc) is 3.43. The Bertz CT molecular complexity index is 1460. The summed E-state index contributed by atoms with van der Waals surface area (Å²) in [5.41, 5.74) is -1.37. The molecule has 2 amide bonds. The number of ether oxygens (including phenoxy) is 2. The van der Waals surface area contributed by atoms with Gasteiger partial charge in [-0.1, -0.05) is 103 Å². The van der Waals surface area contributed by atoms with Gasteiger partial charge in [0.25, 0.3) is 11.8 Å². The van der Waals surface area contributed by atoms with E-state index < -0.39 is 46.8 Å². The Labute approximate surface area is 282 Å². The first-order chi connectivity index (χ1) is 23.2. The first kappa shape index (κ1) is 37.2. The van der Waals surface area contributed by atoms with Gasteiger partial charge < -0.3 is 24.3 Å². The molecule has 0 bridgehead atoms. The molecule has 9 nitrogen and oxygen atoms in total. The molecular weight excluding hydrogens is 620 g/mol. The number of pyridine rings is 1. The summed E-state index contributed by atoms with van der Waals surface area (Å²) in [6, 6.07) is 2.71. The van der Waals surface area contributed by atoms with Gasteiger partial charge in [0.2, 0.25) is 11.2 Å². The molecule has 1 fully saturated rings. The van der Waals surface area contributed by atoms with Crippen molar-refractivity contribution in [3.63, 3.8) is 0 Å². The largest absolute Gasteiger partial charge is 0.420 e. The minimum atomic E-state index is -0.914. The molecular formula is C37H51F2N3O6. The van der Waals surface area contributed by atoms with E-state index in [0.29, 0.717) is 19.1 Å². The number of carbonyl (C=O) groups is 3. The van der Waals surface area contributed by atoms with Gasteiger partial charge in [0.05, 0.1) is 19.2 Å². The van der Waals surface area contributed by atoms with Crippen molar-refractivity contribution in [2.75, 3.05) is 6.61 Å². The fourth-order valence-electron chi connectivity index (χ4n) is 6.46. The first-order valence-electron chi connectivity index (χ1n) is 17.9. The standard InChI is InChI=1S/C37H51F2N3O6/c1-3-4-5-6-7-8-9-10-11-12-13-14-15-16-17-18-32(43)48-35-33-37(46)42-26(2)25-47-31(42)24-41(33)23-29(34(35)44)36(45)40-22-27-19-20-28(38)21-30(27)39/h19-21,23,26,31H,3-18,22,24-25H2,1-2H3,(H,40,45)/t26-,31?/m0/s1. The number of aromatic nitrogens is 1. The topological polar surface area (TPSA) is 107 Å². The molecule has 1 aromatic carbocycles. The molecule has 0 spiro atoms. The van der Waals surface area contributed by atoms with E-state index in [2.05, 4.69) is 12.2 Å². The molecule has 2 aliphatic rings. The molecule has 0 radical (unpaired) electrons. The smallest absolute Gasteiger partial charge is 0.311 e. The quantitative estimate of drug-likeness (QED) is 0.116. The highest BCUT2D eigenvalue weighted by atomic mass is 19.1. The van der Waals surface area contributed by atoms with Crippen molar-refractivity contribution in [2.24, 2.45) is 0 Å². The van der Waals surface area contributed by atoms with E-state index in [0.717, 1.165) is 25.3 Å². The number of fused-ring (bicyclic) bond motifs is 2. The van der Waals surface area contributed by atoms with Crippen LogP contribution in [0.25, 0.3) is 0 Å². The summed E-state index contributed by atoms with van der Waals surface area (Å²) in [6.45, 7) is 4.19. The van der Waals surface area contributed by atoms with E-state index in [1.165, 1.54) is 92.4 Å². The SMILES string of the molecule is CCCCCCCCCCCCCCCCCC(=O)Oc1c2n(cc(C(=O)NCc3ccc(F)cc3F)c1=O)CC1OC[C@H](C)N1C2=O. The van der Waals surface area contributed by atoms with Crippen LogP contribution in [0.15, 0.2) is 29.2 Å². The van der Waals surface area contributed by atoms with Gasteiger partial charge in [-0.05, 0) is 19.4 Å². The number of nitrogens with zero attached hydrogens (tertiary/aromatic N) is 2. The Kier molecular flexibility index (Phi) is 14.6. The van der Waals surface area contributed by atoms with Gasteiger partial charge in [0, 0.05) is 30.8 Å². The minimum Gasteiger partial charge on any atom is -0.420 e. The van der Waals surface area contributed by atoms with Crippen molar-refractivity contribution in [1.29, 1.82) is 0 Å². The van der Waals surface area contributed by atoms with Crippen LogP contribution < -0.4 is 15.5 Å². The Morgan fingerprint density at radius 1 is 0.917 bits per heavy atom. The van der Waals surface area contributed by atoms with E-state index in [9.17, 15) is 28.0 Å². The lowest BCUT2D eigenvalue weighted by atomic mass is 10.0. The lowest BCUT2D eigenvalue weighted by Crippen LogP contribution is -2.49. The van der Waals surface area contributed by atoms with Gasteiger partial charge in [-0.15, -0.1) is 0 Å². The van der Waals surface area contributed by atoms with E-state index in [4.69, 9.17) is 9.47 Å². The zero-order valence-electron chi connectivity index (χ0n) is 28.5. The molecule has 2 atom stereocenters. The molecule has 3 heterocycles.